The molecule has 2 aromatic rings. The van der Waals surface area contributed by atoms with Gasteiger partial charge in [-0.3, -0.25) is 20.4 Å². The fraction of sp³-hybridized carbons (Fsp3) is 0.200. The van der Waals surface area contributed by atoms with Crippen molar-refractivity contribution in [3.63, 3.8) is 0 Å². The predicted molar refractivity (Wildman–Crippen MR) is 88.4 cm³/mol. The zero-order valence-corrected chi connectivity index (χ0v) is 13.5. The second-order valence-corrected chi connectivity index (χ2v) is 6.12. The summed E-state index contributed by atoms with van der Waals surface area (Å²) in [5, 5.41) is 2.76. The van der Waals surface area contributed by atoms with Crippen LogP contribution in [0.15, 0.2) is 29.2 Å². The largest absolute Gasteiger partial charge is 0.324 e. The fourth-order valence-corrected chi connectivity index (χ4v) is 2.98. The molecule has 1 aliphatic heterocycles. The first kappa shape index (κ1) is 15.3. The lowest BCUT2D eigenvalue weighted by molar-refractivity contribution is -0.113. The number of aryl methyl sites for hydroxylation is 2. The average Bonchev–Trinajstić information content (AvgIpc) is 2.51. The number of hydrazine groups is 1. The topological polar surface area (TPSA) is 96.0 Å². The SMILES string of the molecule is Cc1cc(C)nc(NNC(=O)c2ccc3c(c2)NC(=O)CS3)n1. The number of carbonyl (C=O) groups excluding carboxylic acids is 2. The third-order valence-corrected chi connectivity index (χ3v) is 4.22. The monoisotopic (exact) mass is 329 g/mol. The molecule has 0 saturated heterocycles. The van der Waals surface area contributed by atoms with E-state index >= 15 is 0 Å². The number of fused-ring (bicyclic) bond motifs is 1. The maximum Gasteiger partial charge on any atom is 0.269 e. The minimum atomic E-state index is -0.333. The van der Waals surface area contributed by atoms with E-state index in [-0.39, 0.29) is 11.8 Å². The maximum atomic E-state index is 12.2. The van der Waals surface area contributed by atoms with Crippen LogP contribution in [0.5, 0.6) is 0 Å². The highest BCUT2D eigenvalue weighted by molar-refractivity contribution is 8.00. The van der Waals surface area contributed by atoms with Gasteiger partial charge in [0.15, 0.2) is 0 Å². The second-order valence-electron chi connectivity index (χ2n) is 5.10. The highest BCUT2D eigenvalue weighted by Crippen LogP contribution is 2.31. The number of rotatable bonds is 3. The molecule has 1 aromatic heterocycles. The Morgan fingerprint density at radius 2 is 1.96 bits per heavy atom. The Morgan fingerprint density at radius 1 is 1.22 bits per heavy atom. The minimum absolute atomic E-state index is 0.0678. The summed E-state index contributed by atoms with van der Waals surface area (Å²) < 4.78 is 0. The van der Waals surface area contributed by atoms with Crippen LogP contribution in [-0.2, 0) is 4.79 Å². The summed E-state index contributed by atoms with van der Waals surface area (Å²) in [4.78, 5) is 32.9. The van der Waals surface area contributed by atoms with E-state index in [4.69, 9.17) is 0 Å². The molecule has 0 atom stereocenters. The Bertz CT molecular complexity index is 773. The molecule has 0 unspecified atom stereocenters. The number of hydrogen-bond acceptors (Lipinski definition) is 6. The molecular formula is C15H15N5O2S. The molecule has 0 radical (unpaired) electrons. The number of aromatic nitrogens is 2. The van der Waals surface area contributed by atoms with Crippen LogP contribution in [0.4, 0.5) is 11.6 Å². The summed E-state index contributed by atoms with van der Waals surface area (Å²) in [6.45, 7) is 3.71. The first-order valence-electron chi connectivity index (χ1n) is 6.96. The summed E-state index contributed by atoms with van der Waals surface area (Å²) in [7, 11) is 0. The predicted octanol–water partition coefficient (Wildman–Crippen LogP) is 1.89. The van der Waals surface area contributed by atoms with Crippen molar-refractivity contribution in [2.75, 3.05) is 16.5 Å². The van der Waals surface area contributed by atoms with Crippen molar-refractivity contribution in [3.8, 4) is 0 Å². The lowest BCUT2D eigenvalue weighted by Gasteiger charge is -2.17. The molecule has 7 nitrogen and oxygen atoms in total. The number of thioether (sulfide) groups is 1. The van der Waals surface area contributed by atoms with Gasteiger partial charge in [0, 0.05) is 21.8 Å². The van der Waals surface area contributed by atoms with Gasteiger partial charge in [0.1, 0.15) is 0 Å². The number of hydrogen-bond donors (Lipinski definition) is 3. The van der Waals surface area contributed by atoms with Crippen molar-refractivity contribution in [1.82, 2.24) is 15.4 Å². The number of anilines is 2. The van der Waals surface area contributed by atoms with Crippen molar-refractivity contribution in [1.29, 1.82) is 0 Å². The van der Waals surface area contributed by atoms with Gasteiger partial charge in [-0.05, 0) is 38.1 Å². The Labute approximate surface area is 137 Å². The van der Waals surface area contributed by atoms with Crippen LogP contribution in [0.3, 0.4) is 0 Å². The van der Waals surface area contributed by atoms with Crippen molar-refractivity contribution in [3.05, 3.63) is 41.2 Å². The van der Waals surface area contributed by atoms with E-state index in [0.717, 1.165) is 16.3 Å². The molecule has 1 aromatic carbocycles. The highest BCUT2D eigenvalue weighted by Gasteiger charge is 2.17. The highest BCUT2D eigenvalue weighted by atomic mass is 32.2. The molecule has 118 valence electrons. The molecule has 23 heavy (non-hydrogen) atoms. The summed E-state index contributed by atoms with van der Waals surface area (Å²) in [5.74, 6) is 0.323. The average molecular weight is 329 g/mol. The van der Waals surface area contributed by atoms with Gasteiger partial charge in [-0.2, -0.15) is 0 Å². The van der Waals surface area contributed by atoms with E-state index in [1.807, 2.05) is 26.0 Å². The van der Waals surface area contributed by atoms with Gasteiger partial charge in [-0.15, -0.1) is 11.8 Å². The minimum Gasteiger partial charge on any atom is -0.324 e. The Kier molecular flexibility index (Phi) is 4.16. The molecule has 3 rings (SSSR count). The number of nitrogens with one attached hydrogen (secondary N) is 3. The number of carbonyl (C=O) groups is 2. The molecule has 3 N–H and O–H groups in total. The number of amides is 2. The van der Waals surface area contributed by atoms with Gasteiger partial charge in [0.05, 0.1) is 11.4 Å². The van der Waals surface area contributed by atoms with Crippen LogP contribution < -0.4 is 16.2 Å². The molecule has 0 fully saturated rings. The van der Waals surface area contributed by atoms with E-state index in [1.54, 1.807) is 12.1 Å². The Balaban J connectivity index is 1.71. The summed E-state index contributed by atoms with van der Waals surface area (Å²) in [5.41, 5.74) is 7.96. The van der Waals surface area contributed by atoms with Crippen LogP contribution in [0.2, 0.25) is 0 Å². The molecule has 0 saturated carbocycles. The van der Waals surface area contributed by atoms with Gasteiger partial charge >= 0.3 is 0 Å². The molecule has 2 heterocycles. The zero-order chi connectivity index (χ0) is 16.4. The van der Waals surface area contributed by atoms with Gasteiger partial charge in [0.25, 0.3) is 5.91 Å². The van der Waals surface area contributed by atoms with E-state index in [9.17, 15) is 9.59 Å². The Hall–Kier alpha value is -2.61. The quantitative estimate of drug-likeness (QED) is 0.744. The first-order chi connectivity index (χ1) is 11.0. The molecule has 8 heteroatoms. The maximum absolute atomic E-state index is 12.2. The summed E-state index contributed by atoms with van der Waals surface area (Å²) >= 11 is 1.45. The van der Waals surface area contributed by atoms with Gasteiger partial charge in [-0.25, -0.2) is 9.97 Å². The van der Waals surface area contributed by atoms with E-state index in [2.05, 4.69) is 26.1 Å². The van der Waals surface area contributed by atoms with Gasteiger partial charge < -0.3 is 5.32 Å². The zero-order valence-electron chi connectivity index (χ0n) is 12.6. The van der Waals surface area contributed by atoms with Crippen molar-refractivity contribution < 1.29 is 9.59 Å². The summed E-state index contributed by atoms with van der Waals surface area (Å²) in [6, 6.07) is 7.03. The normalized spacial score (nSPS) is 13.0. The Morgan fingerprint density at radius 3 is 2.70 bits per heavy atom. The lowest BCUT2D eigenvalue weighted by Crippen LogP contribution is -2.30. The van der Waals surface area contributed by atoms with E-state index in [0.29, 0.717) is 23.0 Å². The second kappa shape index (κ2) is 6.25. The number of benzene rings is 1. The smallest absolute Gasteiger partial charge is 0.269 e. The molecule has 0 bridgehead atoms. The van der Waals surface area contributed by atoms with Crippen LogP contribution >= 0.6 is 11.8 Å². The van der Waals surface area contributed by atoms with Gasteiger partial charge in [-0.1, -0.05) is 0 Å². The van der Waals surface area contributed by atoms with Crippen molar-refractivity contribution in [2.24, 2.45) is 0 Å². The molecular weight excluding hydrogens is 314 g/mol. The van der Waals surface area contributed by atoms with Gasteiger partial charge in [0.2, 0.25) is 11.9 Å². The third-order valence-electron chi connectivity index (χ3n) is 3.14. The third kappa shape index (κ3) is 3.59. The standard InChI is InChI=1S/C15H15N5O2S/c1-8-5-9(2)17-15(16-8)20-19-14(22)10-3-4-12-11(6-10)18-13(21)7-23-12/h3-6H,7H2,1-2H3,(H,18,21)(H,19,22)(H,16,17,20). The van der Waals surface area contributed by atoms with Crippen molar-refractivity contribution >= 4 is 35.2 Å². The lowest BCUT2D eigenvalue weighted by atomic mass is 10.2. The first-order valence-corrected chi connectivity index (χ1v) is 7.95. The summed E-state index contributed by atoms with van der Waals surface area (Å²) in [6.07, 6.45) is 0. The molecule has 1 aliphatic rings. The van der Waals surface area contributed by atoms with E-state index in [1.165, 1.54) is 11.8 Å². The molecule has 0 aliphatic carbocycles. The van der Waals surface area contributed by atoms with Crippen LogP contribution in [0, 0.1) is 13.8 Å². The van der Waals surface area contributed by atoms with Crippen LogP contribution in [0.25, 0.3) is 0 Å². The molecule has 2 amide bonds. The molecule has 0 spiro atoms. The van der Waals surface area contributed by atoms with Crippen LogP contribution in [-0.4, -0.2) is 27.5 Å². The van der Waals surface area contributed by atoms with Crippen molar-refractivity contribution in [2.45, 2.75) is 18.7 Å². The number of nitrogens with zero attached hydrogens (tertiary/aromatic N) is 2. The fourth-order valence-electron chi connectivity index (χ4n) is 2.19. The van der Waals surface area contributed by atoms with Crippen LogP contribution in [0.1, 0.15) is 21.7 Å². The van der Waals surface area contributed by atoms with E-state index < -0.39 is 0 Å².